The van der Waals surface area contributed by atoms with E-state index in [1.807, 2.05) is 36.0 Å². The predicted octanol–water partition coefficient (Wildman–Crippen LogP) is 6.16. The van der Waals surface area contributed by atoms with Crippen molar-refractivity contribution in [3.05, 3.63) is 102 Å². The molecule has 0 aliphatic heterocycles. The average molecular weight is 346 g/mol. The number of aromatic hydroxyl groups is 1. The van der Waals surface area contributed by atoms with Crippen LogP contribution in [0.4, 0.5) is 0 Å². The number of fused-ring (bicyclic) bond motifs is 1. The van der Waals surface area contributed by atoms with E-state index >= 15 is 0 Å². The molecule has 1 aromatic heterocycles. The van der Waals surface area contributed by atoms with Gasteiger partial charge in [-0.15, -0.1) is 11.8 Å². The van der Waals surface area contributed by atoms with Crippen LogP contribution in [-0.2, 0) is 5.75 Å². The molecule has 2 nitrogen and oxygen atoms in total. The Morgan fingerprint density at radius 3 is 2.08 bits per heavy atom. The molecule has 124 valence electrons. The van der Waals surface area contributed by atoms with Crippen LogP contribution in [0.15, 0.2) is 89.5 Å². The normalized spacial score (nSPS) is 11.2. The summed E-state index contributed by atoms with van der Waals surface area (Å²) in [6.07, 6.45) is 1.75. The van der Waals surface area contributed by atoms with Crippen molar-refractivity contribution in [3.8, 4) is 5.75 Å². The van der Waals surface area contributed by atoms with Crippen molar-refractivity contribution in [2.24, 2.45) is 0 Å². The third-order valence-corrected chi connectivity index (χ3v) is 5.62. The van der Waals surface area contributed by atoms with E-state index < -0.39 is 0 Å². The number of rotatable bonds is 5. The molecule has 0 radical (unpaired) electrons. The first-order valence-electron chi connectivity index (χ1n) is 8.22. The molecule has 1 heterocycles. The minimum atomic E-state index is 0.191. The van der Waals surface area contributed by atoms with Crippen molar-refractivity contribution < 1.29 is 9.52 Å². The maximum absolute atomic E-state index is 9.92. The third kappa shape index (κ3) is 3.28. The van der Waals surface area contributed by atoms with Gasteiger partial charge in [0.1, 0.15) is 0 Å². The lowest BCUT2D eigenvalue weighted by Gasteiger charge is -2.17. The van der Waals surface area contributed by atoms with Gasteiger partial charge in [0.2, 0.25) is 0 Å². The lowest BCUT2D eigenvalue weighted by molar-refractivity contribution is 0.465. The molecule has 0 spiro atoms. The van der Waals surface area contributed by atoms with Crippen LogP contribution >= 0.6 is 11.8 Å². The quantitative estimate of drug-likeness (QED) is 0.470. The van der Waals surface area contributed by atoms with Gasteiger partial charge >= 0.3 is 0 Å². The highest BCUT2D eigenvalue weighted by Gasteiger charge is 2.16. The van der Waals surface area contributed by atoms with Crippen molar-refractivity contribution in [2.75, 3.05) is 0 Å². The summed E-state index contributed by atoms with van der Waals surface area (Å²) >= 11 is 1.86. The number of furan rings is 1. The van der Waals surface area contributed by atoms with Gasteiger partial charge in [-0.25, -0.2) is 0 Å². The number of hydrogen-bond acceptors (Lipinski definition) is 3. The lowest BCUT2D eigenvalue weighted by Crippen LogP contribution is -1.97. The van der Waals surface area contributed by atoms with Crippen molar-refractivity contribution in [1.82, 2.24) is 0 Å². The second-order valence-electron chi connectivity index (χ2n) is 5.93. The summed E-state index contributed by atoms with van der Waals surface area (Å²) in [5, 5.41) is 11.2. The summed E-state index contributed by atoms with van der Waals surface area (Å²) in [5.74, 6) is 1.00. The Morgan fingerprint density at radius 2 is 1.44 bits per heavy atom. The van der Waals surface area contributed by atoms with Crippen LogP contribution in [0.1, 0.15) is 21.9 Å². The van der Waals surface area contributed by atoms with Crippen LogP contribution < -0.4 is 0 Å². The van der Waals surface area contributed by atoms with Crippen molar-refractivity contribution >= 4 is 22.7 Å². The molecule has 3 heteroatoms. The fraction of sp³-hybridized carbons (Fsp3) is 0.0909. The van der Waals surface area contributed by atoms with Crippen LogP contribution in [-0.4, -0.2) is 5.11 Å². The molecule has 0 fully saturated rings. The zero-order valence-electron chi connectivity index (χ0n) is 13.6. The average Bonchev–Trinajstić information content (AvgIpc) is 3.08. The van der Waals surface area contributed by atoms with Crippen molar-refractivity contribution in [2.45, 2.75) is 11.0 Å². The number of hydrogen-bond donors (Lipinski definition) is 1. The molecule has 0 unspecified atom stereocenters. The van der Waals surface area contributed by atoms with E-state index in [-0.39, 0.29) is 11.0 Å². The van der Waals surface area contributed by atoms with E-state index in [9.17, 15) is 5.11 Å². The molecule has 4 aromatic rings. The van der Waals surface area contributed by atoms with Gasteiger partial charge in [-0.05, 0) is 17.2 Å². The van der Waals surface area contributed by atoms with Crippen LogP contribution in [0.3, 0.4) is 0 Å². The Labute approximate surface area is 151 Å². The first kappa shape index (κ1) is 15.9. The SMILES string of the molecule is Oc1cccc2c(CSC(c3ccccc3)c3ccccc3)coc12. The maximum Gasteiger partial charge on any atom is 0.175 e. The zero-order valence-corrected chi connectivity index (χ0v) is 14.4. The fourth-order valence-corrected chi connectivity index (χ4v) is 4.29. The number of benzene rings is 3. The van der Waals surface area contributed by atoms with E-state index in [1.54, 1.807) is 12.3 Å². The van der Waals surface area contributed by atoms with Gasteiger partial charge in [-0.2, -0.15) is 0 Å². The standard InChI is InChI=1S/C22H18O2S/c23-20-13-7-12-19-18(14-24-21(19)20)15-25-22(16-8-3-1-4-9-16)17-10-5-2-6-11-17/h1-14,22-23H,15H2. The van der Waals surface area contributed by atoms with Crippen LogP contribution in [0.2, 0.25) is 0 Å². The highest BCUT2D eigenvalue weighted by Crippen LogP contribution is 2.39. The third-order valence-electron chi connectivity index (χ3n) is 4.27. The second-order valence-corrected chi connectivity index (χ2v) is 7.02. The summed E-state index contributed by atoms with van der Waals surface area (Å²) in [7, 11) is 0. The summed E-state index contributed by atoms with van der Waals surface area (Å²) < 4.78 is 5.56. The van der Waals surface area contributed by atoms with Gasteiger partial charge in [0.05, 0.1) is 11.5 Å². The summed E-state index contributed by atoms with van der Waals surface area (Å²) in [6.45, 7) is 0. The highest BCUT2D eigenvalue weighted by atomic mass is 32.2. The molecule has 0 aliphatic carbocycles. The summed E-state index contributed by atoms with van der Waals surface area (Å²) in [5.41, 5.74) is 4.24. The van der Waals surface area contributed by atoms with Gasteiger partial charge in [0.15, 0.2) is 11.3 Å². The van der Waals surface area contributed by atoms with Gasteiger partial charge < -0.3 is 9.52 Å². The number of phenols is 1. The zero-order chi connectivity index (χ0) is 17.1. The van der Waals surface area contributed by atoms with Gasteiger partial charge in [-0.1, -0.05) is 72.8 Å². The number of para-hydroxylation sites is 1. The first-order valence-corrected chi connectivity index (χ1v) is 9.27. The van der Waals surface area contributed by atoms with Crippen molar-refractivity contribution in [1.29, 1.82) is 0 Å². The number of phenolic OH excluding ortho intramolecular Hbond substituents is 1. The topological polar surface area (TPSA) is 33.4 Å². The minimum absolute atomic E-state index is 0.191. The Hall–Kier alpha value is -2.65. The van der Waals surface area contributed by atoms with E-state index in [0.717, 1.165) is 16.7 Å². The molecule has 0 bridgehead atoms. The Bertz CT molecular complexity index is 922. The monoisotopic (exact) mass is 346 g/mol. The van der Waals surface area contributed by atoms with Crippen LogP contribution in [0, 0.1) is 0 Å². The molecule has 0 saturated heterocycles. The molecular formula is C22H18O2S. The van der Waals surface area contributed by atoms with Crippen LogP contribution in [0.25, 0.3) is 11.0 Å². The van der Waals surface area contributed by atoms with E-state index in [4.69, 9.17) is 4.42 Å². The molecule has 0 saturated carbocycles. The van der Waals surface area contributed by atoms with Gasteiger partial charge in [0, 0.05) is 16.7 Å². The Balaban J connectivity index is 1.64. The van der Waals surface area contributed by atoms with E-state index in [0.29, 0.717) is 5.58 Å². The van der Waals surface area contributed by atoms with Crippen LogP contribution in [0.5, 0.6) is 5.75 Å². The largest absolute Gasteiger partial charge is 0.504 e. The maximum atomic E-state index is 9.92. The van der Waals surface area contributed by atoms with E-state index in [1.165, 1.54) is 11.1 Å². The molecule has 0 amide bonds. The molecule has 4 rings (SSSR count). The predicted molar refractivity (Wildman–Crippen MR) is 104 cm³/mol. The van der Waals surface area contributed by atoms with E-state index in [2.05, 4.69) is 48.5 Å². The smallest absolute Gasteiger partial charge is 0.175 e. The molecule has 0 aliphatic rings. The highest BCUT2D eigenvalue weighted by molar-refractivity contribution is 7.99. The summed E-state index contributed by atoms with van der Waals surface area (Å²) in [4.78, 5) is 0. The van der Waals surface area contributed by atoms with Gasteiger partial charge in [0.25, 0.3) is 0 Å². The molecule has 3 aromatic carbocycles. The van der Waals surface area contributed by atoms with Gasteiger partial charge in [-0.3, -0.25) is 0 Å². The molecule has 1 N–H and O–H groups in total. The number of thioether (sulfide) groups is 1. The Kier molecular flexibility index (Phi) is 4.49. The Morgan fingerprint density at radius 1 is 0.800 bits per heavy atom. The lowest BCUT2D eigenvalue weighted by atomic mass is 10.0. The molecule has 0 atom stereocenters. The minimum Gasteiger partial charge on any atom is -0.504 e. The fourth-order valence-electron chi connectivity index (χ4n) is 3.02. The molecule has 25 heavy (non-hydrogen) atoms. The molecular weight excluding hydrogens is 328 g/mol. The second kappa shape index (κ2) is 7.08. The first-order chi connectivity index (χ1) is 12.3. The van der Waals surface area contributed by atoms with Crippen molar-refractivity contribution in [3.63, 3.8) is 0 Å². The summed E-state index contributed by atoms with van der Waals surface area (Å²) in [6, 6.07) is 26.6.